The van der Waals surface area contributed by atoms with Crippen molar-refractivity contribution < 1.29 is 14.3 Å². The molecule has 1 aliphatic rings. The summed E-state index contributed by atoms with van der Waals surface area (Å²) in [6.45, 7) is 6.44. The largest absolute Gasteiger partial charge is 0.456 e. The highest BCUT2D eigenvalue weighted by Gasteiger charge is 2.17. The lowest BCUT2D eigenvalue weighted by atomic mass is 10.1. The van der Waals surface area contributed by atoms with Gasteiger partial charge < -0.3 is 20.2 Å². The zero-order valence-electron chi connectivity index (χ0n) is 18.6. The molecule has 6 nitrogen and oxygen atoms in total. The molecule has 0 aliphatic carbocycles. The molecule has 1 heterocycles. The van der Waals surface area contributed by atoms with Crippen molar-refractivity contribution in [3.63, 3.8) is 0 Å². The zero-order valence-corrected chi connectivity index (χ0v) is 19.4. The summed E-state index contributed by atoms with van der Waals surface area (Å²) in [5.74, 6) is -0.350. The Kier molecular flexibility index (Phi) is 9.49. The van der Waals surface area contributed by atoms with Crippen molar-refractivity contribution in [2.75, 3.05) is 19.0 Å². The van der Waals surface area contributed by atoms with E-state index in [-0.39, 0.29) is 5.97 Å². The fourth-order valence-electron chi connectivity index (χ4n) is 2.87. The predicted molar refractivity (Wildman–Crippen MR) is 127 cm³/mol. The van der Waals surface area contributed by atoms with E-state index in [1.54, 1.807) is 36.4 Å². The predicted octanol–water partition coefficient (Wildman–Crippen LogP) is 5.77. The number of hydrogen-bond donors (Lipinski definition) is 3. The lowest BCUT2D eigenvalue weighted by Crippen LogP contribution is -2.31. The number of ether oxygens (including phenoxy) is 2. The van der Waals surface area contributed by atoms with E-state index >= 15 is 0 Å². The number of halogens is 1. The van der Waals surface area contributed by atoms with E-state index in [4.69, 9.17) is 26.5 Å². The van der Waals surface area contributed by atoms with Gasteiger partial charge in [-0.15, -0.1) is 0 Å². The van der Waals surface area contributed by atoms with Crippen LogP contribution in [0, 0.1) is 5.41 Å². The second-order valence-electron chi connectivity index (χ2n) is 8.23. The topological polar surface area (TPSA) is 83.4 Å². The Labute approximate surface area is 189 Å². The third-order valence-corrected chi connectivity index (χ3v) is 4.77. The van der Waals surface area contributed by atoms with Gasteiger partial charge in [0.05, 0.1) is 16.3 Å². The summed E-state index contributed by atoms with van der Waals surface area (Å²) in [7, 11) is 1.94. The number of carbonyl (C=O) groups excluding carboxylic acids is 1. The molecule has 0 spiro atoms. The number of rotatable bonds is 5. The first kappa shape index (κ1) is 24.9. The van der Waals surface area contributed by atoms with E-state index in [1.807, 2.05) is 33.9 Å². The SMILES string of the molecule is CC(C)(C)OC(=O)c1ccc(Nc2ccc(C=N)cc2Cl)cc1.CNC1CCCCO1. The molecule has 2 aromatic rings. The Morgan fingerprint density at radius 1 is 1.19 bits per heavy atom. The summed E-state index contributed by atoms with van der Waals surface area (Å²) < 4.78 is 10.6. The minimum Gasteiger partial charge on any atom is -0.456 e. The molecule has 3 N–H and O–H groups in total. The van der Waals surface area contributed by atoms with Crippen LogP contribution in [-0.4, -0.2) is 37.7 Å². The monoisotopic (exact) mass is 445 g/mol. The van der Waals surface area contributed by atoms with Crippen LogP contribution in [0.5, 0.6) is 0 Å². The van der Waals surface area contributed by atoms with Crippen LogP contribution in [0.4, 0.5) is 11.4 Å². The number of hydrogen-bond acceptors (Lipinski definition) is 6. The van der Waals surface area contributed by atoms with Gasteiger partial charge in [0.25, 0.3) is 0 Å². The Morgan fingerprint density at radius 2 is 1.90 bits per heavy atom. The first-order valence-corrected chi connectivity index (χ1v) is 10.8. The first-order chi connectivity index (χ1) is 14.7. The van der Waals surface area contributed by atoms with Crippen LogP contribution in [0.2, 0.25) is 5.02 Å². The molecular formula is C24H32ClN3O3. The number of anilines is 2. The van der Waals surface area contributed by atoms with E-state index in [0.717, 1.165) is 23.5 Å². The van der Waals surface area contributed by atoms with Gasteiger partial charge in [0.1, 0.15) is 11.8 Å². The maximum absolute atomic E-state index is 12.0. The zero-order chi connectivity index (χ0) is 22.9. The maximum Gasteiger partial charge on any atom is 0.338 e. The summed E-state index contributed by atoms with van der Waals surface area (Å²) in [4.78, 5) is 12.0. The molecule has 0 radical (unpaired) electrons. The van der Waals surface area contributed by atoms with Gasteiger partial charge in [-0.25, -0.2) is 4.79 Å². The van der Waals surface area contributed by atoms with Gasteiger partial charge in [-0.2, -0.15) is 0 Å². The van der Waals surface area contributed by atoms with Gasteiger partial charge in [-0.05, 0) is 89.0 Å². The molecule has 0 aromatic heterocycles. The quantitative estimate of drug-likeness (QED) is 0.402. The van der Waals surface area contributed by atoms with Gasteiger partial charge in [-0.3, -0.25) is 5.32 Å². The average molecular weight is 446 g/mol. The van der Waals surface area contributed by atoms with Crippen molar-refractivity contribution in [3.8, 4) is 0 Å². The average Bonchev–Trinajstić information content (AvgIpc) is 2.75. The minimum absolute atomic E-state index is 0.337. The summed E-state index contributed by atoms with van der Waals surface area (Å²) in [6, 6.07) is 12.3. The highest BCUT2D eigenvalue weighted by atomic mass is 35.5. The van der Waals surface area contributed by atoms with Gasteiger partial charge >= 0.3 is 5.97 Å². The van der Waals surface area contributed by atoms with Crippen molar-refractivity contribution in [1.82, 2.24) is 5.32 Å². The summed E-state index contributed by atoms with van der Waals surface area (Å²) >= 11 is 6.17. The van der Waals surface area contributed by atoms with Crippen molar-refractivity contribution in [2.24, 2.45) is 0 Å². The molecule has 1 atom stereocenters. The highest BCUT2D eigenvalue weighted by Crippen LogP contribution is 2.26. The fraction of sp³-hybridized carbons (Fsp3) is 0.417. The normalized spacial score (nSPS) is 16.0. The van der Waals surface area contributed by atoms with E-state index < -0.39 is 5.60 Å². The molecule has 2 aromatic carbocycles. The summed E-state index contributed by atoms with van der Waals surface area (Å²) in [5.41, 5.74) is 2.26. The van der Waals surface area contributed by atoms with Gasteiger partial charge in [0.15, 0.2) is 0 Å². The van der Waals surface area contributed by atoms with Gasteiger partial charge in [-0.1, -0.05) is 17.7 Å². The molecule has 1 unspecified atom stereocenters. The van der Waals surface area contributed by atoms with E-state index in [2.05, 4.69) is 10.6 Å². The summed E-state index contributed by atoms with van der Waals surface area (Å²) in [6.07, 6.45) is 5.30. The van der Waals surface area contributed by atoms with E-state index in [1.165, 1.54) is 25.5 Å². The lowest BCUT2D eigenvalue weighted by Gasteiger charge is -2.21. The fourth-order valence-corrected chi connectivity index (χ4v) is 3.11. The molecule has 168 valence electrons. The van der Waals surface area contributed by atoms with Crippen LogP contribution in [-0.2, 0) is 9.47 Å². The van der Waals surface area contributed by atoms with E-state index in [0.29, 0.717) is 16.8 Å². The van der Waals surface area contributed by atoms with Crippen LogP contribution in [0.25, 0.3) is 0 Å². The molecule has 31 heavy (non-hydrogen) atoms. The van der Waals surface area contributed by atoms with Gasteiger partial charge in [0.2, 0.25) is 0 Å². The third-order valence-electron chi connectivity index (χ3n) is 4.46. The Bertz CT molecular complexity index is 857. The van der Waals surface area contributed by atoms with Crippen LogP contribution in [0.1, 0.15) is 56.0 Å². The van der Waals surface area contributed by atoms with Crippen LogP contribution in [0.15, 0.2) is 42.5 Å². The first-order valence-electron chi connectivity index (χ1n) is 10.4. The lowest BCUT2D eigenvalue weighted by molar-refractivity contribution is -0.000340. The molecule has 7 heteroatoms. The smallest absolute Gasteiger partial charge is 0.338 e. The highest BCUT2D eigenvalue weighted by molar-refractivity contribution is 6.33. The number of carbonyl (C=O) groups is 1. The minimum atomic E-state index is -0.516. The van der Waals surface area contributed by atoms with Crippen LogP contribution in [0.3, 0.4) is 0 Å². The number of benzene rings is 2. The molecule has 0 saturated carbocycles. The Morgan fingerprint density at radius 3 is 2.39 bits per heavy atom. The standard InChI is InChI=1S/C18H19ClN2O2.C6H13NO/c1-18(2,3)23-17(22)13-5-7-14(8-6-13)21-16-9-4-12(11-20)10-15(16)19;1-7-6-4-2-3-5-8-6/h4-11,20-21H,1-3H3;6-7H,2-5H2,1H3. The van der Waals surface area contributed by atoms with Crippen LogP contribution < -0.4 is 10.6 Å². The molecule has 1 aliphatic heterocycles. The van der Waals surface area contributed by atoms with Crippen LogP contribution >= 0.6 is 11.6 Å². The molecular weight excluding hydrogens is 414 g/mol. The maximum atomic E-state index is 12.0. The number of nitrogens with one attached hydrogen (secondary N) is 3. The molecule has 0 bridgehead atoms. The molecule has 3 rings (SSSR count). The van der Waals surface area contributed by atoms with Gasteiger partial charge in [0, 0.05) is 18.5 Å². The van der Waals surface area contributed by atoms with Crippen molar-refractivity contribution in [1.29, 1.82) is 5.41 Å². The second kappa shape index (κ2) is 11.8. The third kappa shape index (κ3) is 8.69. The van der Waals surface area contributed by atoms with Crippen molar-refractivity contribution >= 4 is 35.2 Å². The Hall–Kier alpha value is -2.41. The number of esters is 1. The van der Waals surface area contributed by atoms with Crippen molar-refractivity contribution in [2.45, 2.75) is 51.9 Å². The summed E-state index contributed by atoms with van der Waals surface area (Å²) in [5, 5.41) is 14.0. The Balaban J connectivity index is 0.000000357. The molecule has 1 saturated heterocycles. The second-order valence-corrected chi connectivity index (χ2v) is 8.64. The van der Waals surface area contributed by atoms with Crippen molar-refractivity contribution in [3.05, 3.63) is 58.6 Å². The molecule has 1 fully saturated rings. The molecule has 0 amide bonds. The van der Waals surface area contributed by atoms with E-state index in [9.17, 15) is 4.79 Å².